The van der Waals surface area contributed by atoms with Crippen LogP contribution in [0.4, 0.5) is 24.8 Å². The highest BCUT2D eigenvalue weighted by atomic mass is 32.2. The highest BCUT2D eigenvalue weighted by molar-refractivity contribution is 7.89. The van der Waals surface area contributed by atoms with Crippen molar-refractivity contribution in [1.29, 1.82) is 0 Å². The Kier molecular flexibility index (Phi) is 6.52. The molecular weight excluding hydrogens is 481 g/mol. The van der Waals surface area contributed by atoms with Gasteiger partial charge >= 0.3 is 6.36 Å². The second-order valence-corrected chi connectivity index (χ2v) is 11.8. The third-order valence-electron chi connectivity index (χ3n) is 6.31. The topological polar surface area (TPSA) is 85.2 Å². The maximum absolute atomic E-state index is 12.5. The van der Waals surface area contributed by atoms with Crippen LogP contribution >= 0.6 is 0 Å². The Labute approximate surface area is 202 Å². The molecule has 35 heavy (non-hydrogen) atoms. The smallest absolute Gasteiger partial charge is 0.406 e. The van der Waals surface area contributed by atoms with E-state index in [4.69, 9.17) is 4.98 Å². The molecule has 2 aromatic carbocycles. The first-order valence-electron chi connectivity index (χ1n) is 11.3. The highest BCUT2D eigenvalue weighted by Crippen LogP contribution is 2.46. The zero-order valence-electron chi connectivity index (χ0n) is 20.0. The van der Waals surface area contributed by atoms with Gasteiger partial charge in [0, 0.05) is 11.7 Å². The van der Waals surface area contributed by atoms with Gasteiger partial charge in [0.1, 0.15) is 5.75 Å². The summed E-state index contributed by atoms with van der Waals surface area (Å²) in [6, 6.07) is 10.4. The number of halogens is 3. The van der Waals surface area contributed by atoms with Gasteiger partial charge in [-0.1, -0.05) is 20.8 Å². The summed E-state index contributed by atoms with van der Waals surface area (Å²) in [6.07, 6.45) is -1.83. The molecule has 3 aromatic rings. The minimum Gasteiger partial charge on any atom is -0.406 e. The lowest BCUT2D eigenvalue weighted by Gasteiger charge is -2.40. The van der Waals surface area contributed by atoms with Gasteiger partial charge < -0.3 is 14.6 Å². The van der Waals surface area contributed by atoms with Crippen LogP contribution in [0.3, 0.4) is 0 Å². The third kappa shape index (κ3) is 5.72. The van der Waals surface area contributed by atoms with E-state index in [-0.39, 0.29) is 22.1 Å². The molecule has 2 unspecified atom stereocenters. The Balaban J connectivity index is 1.76. The summed E-state index contributed by atoms with van der Waals surface area (Å²) in [4.78, 5) is 4.80. The van der Waals surface area contributed by atoms with Crippen molar-refractivity contribution in [3.8, 4) is 5.75 Å². The lowest BCUT2D eigenvalue weighted by molar-refractivity contribution is -0.274. The minimum absolute atomic E-state index is 0.106. The van der Waals surface area contributed by atoms with E-state index in [1.165, 1.54) is 37.4 Å². The zero-order chi connectivity index (χ0) is 25.6. The van der Waals surface area contributed by atoms with Crippen LogP contribution in [-0.4, -0.2) is 31.4 Å². The maximum Gasteiger partial charge on any atom is 0.573 e. The number of nitrogens with one attached hydrogen (secondary N) is 2. The van der Waals surface area contributed by atoms with Crippen LogP contribution in [0.5, 0.6) is 5.75 Å². The average Bonchev–Trinajstić information content (AvgIpc) is 3.09. The van der Waals surface area contributed by atoms with E-state index in [0.29, 0.717) is 23.1 Å². The normalized spacial score (nSPS) is 20.7. The van der Waals surface area contributed by atoms with Gasteiger partial charge in [-0.2, -0.15) is 0 Å². The second kappa shape index (κ2) is 9.02. The maximum atomic E-state index is 12.5. The van der Waals surface area contributed by atoms with E-state index in [2.05, 4.69) is 40.1 Å². The number of aromatic nitrogens is 2. The van der Waals surface area contributed by atoms with Crippen LogP contribution < -0.4 is 14.8 Å². The lowest BCUT2D eigenvalue weighted by atomic mass is 9.70. The molecule has 2 atom stereocenters. The number of imidazole rings is 1. The number of fused-ring (bicyclic) bond motifs is 1. The predicted molar refractivity (Wildman–Crippen MR) is 128 cm³/mol. The summed E-state index contributed by atoms with van der Waals surface area (Å²) in [5, 5.41) is 3.21. The molecule has 2 N–H and O–H groups in total. The van der Waals surface area contributed by atoms with Crippen molar-refractivity contribution >= 4 is 32.7 Å². The van der Waals surface area contributed by atoms with Crippen LogP contribution in [-0.2, 0) is 10.0 Å². The average molecular weight is 511 g/mol. The molecule has 0 amide bonds. The molecule has 7 nitrogen and oxygen atoms in total. The highest BCUT2D eigenvalue weighted by Gasteiger charge is 2.35. The first-order valence-corrected chi connectivity index (χ1v) is 12.8. The summed E-state index contributed by atoms with van der Waals surface area (Å²) in [5.74, 6) is 0.663. The molecule has 0 aliphatic heterocycles. The van der Waals surface area contributed by atoms with E-state index in [0.717, 1.165) is 24.8 Å². The molecule has 0 spiro atoms. The number of rotatable bonds is 6. The van der Waals surface area contributed by atoms with Crippen LogP contribution in [0.2, 0.25) is 0 Å². The van der Waals surface area contributed by atoms with Gasteiger partial charge in [-0.25, -0.2) is 18.1 Å². The fraction of sp³-hybridized carbons (Fsp3) is 0.458. The van der Waals surface area contributed by atoms with Gasteiger partial charge in [0.05, 0.1) is 15.9 Å². The number of hydrogen-bond donors (Lipinski definition) is 2. The van der Waals surface area contributed by atoms with E-state index in [9.17, 15) is 21.6 Å². The summed E-state index contributed by atoms with van der Waals surface area (Å²) < 4.78 is 70.5. The number of sulfonamides is 1. The zero-order valence-corrected chi connectivity index (χ0v) is 20.8. The number of anilines is 2. The fourth-order valence-electron chi connectivity index (χ4n) is 5.18. The first kappa shape index (κ1) is 25.3. The molecule has 1 saturated carbocycles. The van der Waals surface area contributed by atoms with Crippen molar-refractivity contribution in [2.75, 3.05) is 12.4 Å². The molecular formula is C24H29F3N4O3S. The predicted octanol–water partition coefficient (Wildman–Crippen LogP) is 5.97. The standard InChI is InChI=1S/C24H29F3N4O3S/c1-15-11-17(14-23(2,3)13-15)31-21-10-9-19(35(32,33)28-4)12-20(21)30-22(31)29-16-5-7-18(8-6-16)34-24(25,26)27/h5-10,12,15,17,28H,11,13-14H2,1-4H3,(H,29,30). The van der Waals surface area contributed by atoms with Crippen LogP contribution in [0.15, 0.2) is 47.4 Å². The molecule has 0 radical (unpaired) electrons. The molecule has 1 aliphatic carbocycles. The molecule has 1 aliphatic rings. The molecule has 1 fully saturated rings. The lowest BCUT2D eigenvalue weighted by Crippen LogP contribution is -2.29. The third-order valence-corrected chi connectivity index (χ3v) is 7.72. The SMILES string of the molecule is CNS(=O)(=O)c1ccc2c(c1)nc(Nc1ccc(OC(F)(F)F)cc1)n2C1CC(C)CC(C)(C)C1. The summed E-state index contributed by atoms with van der Waals surface area (Å²) >= 11 is 0. The van der Waals surface area contributed by atoms with Gasteiger partial charge in [0.25, 0.3) is 0 Å². The van der Waals surface area contributed by atoms with Crippen molar-refractivity contribution in [3.63, 3.8) is 0 Å². The largest absolute Gasteiger partial charge is 0.573 e. The number of nitrogens with zero attached hydrogens (tertiary/aromatic N) is 2. The van der Waals surface area contributed by atoms with E-state index >= 15 is 0 Å². The summed E-state index contributed by atoms with van der Waals surface area (Å²) in [5.41, 5.74) is 1.94. The summed E-state index contributed by atoms with van der Waals surface area (Å²) in [7, 11) is -2.30. The van der Waals surface area contributed by atoms with Gasteiger partial charge in [-0.3, -0.25) is 0 Å². The Morgan fingerprint density at radius 1 is 1.11 bits per heavy atom. The minimum atomic E-state index is -4.77. The Hall–Kier alpha value is -2.79. The molecule has 0 saturated heterocycles. The van der Waals surface area contributed by atoms with Crippen molar-refractivity contribution in [3.05, 3.63) is 42.5 Å². The van der Waals surface area contributed by atoms with E-state index in [1.54, 1.807) is 12.1 Å². The van der Waals surface area contributed by atoms with Gasteiger partial charge in [-0.15, -0.1) is 13.2 Å². The van der Waals surface area contributed by atoms with E-state index < -0.39 is 16.4 Å². The number of benzene rings is 2. The van der Waals surface area contributed by atoms with Crippen LogP contribution in [0, 0.1) is 11.3 Å². The van der Waals surface area contributed by atoms with Crippen LogP contribution in [0.25, 0.3) is 11.0 Å². The van der Waals surface area contributed by atoms with Gasteiger partial charge in [0.15, 0.2) is 0 Å². The Morgan fingerprint density at radius 2 is 1.80 bits per heavy atom. The molecule has 1 aromatic heterocycles. The molecule has 4 rings (SSSR count). The fourth-order valence-corrected chi connectivity index (χ4v) is 5.93. The number of ether oxygens (including phenoxy) is 1. The Morgan fingerprint density at radius 3 is 2.40 bits per heavy atom. The molecule has 0 bridgehead atoms. The molecule has 190 valence electrons. The van der Waals surface area contributed by atoms with Crippen molar-refractivity contribution < 1.29 is 26.3 Å². The monoisotopic (exact) mass is 510 g/mol. The van der Waals surface area contributed by atoms with Crippen molar-refractivity contribution in [1.82, 2.24) is 14.3 Å². The quantitative estimate of drug-likeness (QED) is 0.427. The number of alkyl halides is 3. The van der Waals surface area contributed by atoms with Crippen molar-refractivity contribution in [2.45, 2.75) is 57.3 Å². The molecule has 1 heterocycles. The molecule has 11 heteroatoms. The second-order valence-electron chi connectivity index (χ2n) is 9.93. The number of hydrogen-bond acceptors (Lipinski definition) is 5. The summed E-state index contributed by atoms with van der Waals surface area (Å²) in [6.45, 7) is 6.69. The van der Waals surface area contributed by atoms with Gasteiger partial charge in [0.2, 0.25) is 16.0 Å². The first-order chi connectivity index (χ1) is 16.3. The van der Waals surface area contributed by atoms with Crippen molar-refractivity contribution in [2.24, 2.45) is 11.3 Å². The van der Waals surface area contributed by atoms with Gasteiger partial charge in [-0.05, 0) is 80.1 Å². The van der Waals surface area contributed by atoms with Crippen LogP contribution in [0.1, 0.15) is 46.1 Å². The Bertz CT molecular complexity index is 1320. The van der Waals surface area contributed by atoms with E-state index in [1.807, 2.05) is 0 Å².